The predicted molar refractivity (Wildman–Crippen MR) is 97.7 cm³/mol. The van der Waals surface area contributed by atoms with Crippen LogP contribution in [-0.2, 0) is 17.7 Å². The van der Waals surface area contributed by atoms with E-state index in [9.17, 15) is 4.79 Å². The fourth-order valence-electron chi connectivity index (χ4n) is 2.13. The van der Waals surface area contributed by atoms with E-state index in [-0.39, 0.29) is 0 Å². The number of furan rings is 1. The molecule has 1 amide bonds. The van der Waals surface area contributed by atoms with Gasteiger partial charge in [0.15, 0.2) is 5.96 Å². The first-order valence-corrected chi connectivity index (χ1v) is 8.19. The third-order valence-corrected chi connectivity index (χ3v) is 3.39. The molecule has 0 radical (unpaired) electrons. The summed E-state index contributed by atoms with van der Waals surface area (Å²) in [6, 6.07) is 11.3. The van der Waals surface area contributed by atoms with E-state index >= 15 is 0 Å². The summed E-state index contributed by atoms with van der Waals surface area (Å²) < 4.78 is 9.87. The van der Waals surface area contributed by atoms with Crippen molar-refractivity contribution in [3.63, 3.8) is 0 Å². The Bertz CT molecular complexity index is 666. The third-order valence-electron chi connectivity index (χ3n) is 3.39. The van der Waals surface area contributed by atoms with E-state index in [1.54, 1.807) is 6.26 Å². The van der Waals surface area contributed by atoms with Crippen LogP contribution < -0.4 is 16.0 Å². The molecule has 1 heterocycles. The summed E-state index contributed by atoms with van der Waals surface area (Å²) in [5.74, 6) is 1.70. The molecule has 2 rings (SSSR count). The van der Waals surface area contributed by atoms with Gasteiger partial charge in [0.25, 0.3) is 0 Å². The number of hydrogen-bond acceptors (Lipinski definition) is 4. The highest BCUT2D eigenvalue weighted by Gasteiger charge is 2.02. The van der Waals surface area contributed by atoms with E-state index in [1.807, 2.05) is 43.3 Å². The molecule has 0 saturated heterocycles. The van der Waals surface area contributed by atoms with Gasteiger partial charge in [-0.15, -0.1) is 0 Å². The van der Waals surface area contributed by atoms with Crippen LogP contribution in [0, 0.1) is 0 Å². The number of nitrogens with zero attached hydrogens (tertiary/aromatic N) is 1. The summed E-state index contributed by atoms with van der Waals surface area (Å²) in [7, 11) is 1.33. The summed E-state index contributed by atoms with van der Waals surface area (Å²) in [5.41, 5.74) is 1.72. The van der Waals surface area contributed by atoms with Gasteiger partial charge < -0.3 is 19.8 Å². The number of hydrogen-bond donors (Lipinski definition) is 3. The normalized spacial score (nSPS) is 11.0. The summed E-state index contributed by atoms with van der Waals surface area (Å²) in [5, 5.41) is 9.11. The van der Waals surface area contributed by atoms with Gasteiger partial charge in [-0.3, -0.25) is 5.32 Å². The zero-order valence-corrected chi connectivity index (χ0v) is 14.5. The second kappa shape index (κ2) is 10.0. The monoisotopic (exact) mass is 344 g/mol. The number of carbonyl (C=O) groups is 1. The number of rotatable bonds is 7. The smallest absolute Gasteiger partial charge is 0.411 e. The molecule has 0 atom stereocenters. The highest BCUT2D eigenvalue weighted by atomic mass is 16.5. The topological polar surface area (TPSA) is 87.9 Å². The first kappa shape index (κ1) is 18.4. The fourth-order valence-corrected chi connectivity index (χ4v) is 2.13. The Labute approximate surface area is 147 Å². The minimum atomic E-state index is -0.485. The summed E-state index contributed by atoms with van der Waals surface area (Å²) in [4.78, 5) is 15.7. The molecule has 0 aliphatic carbocycles. The second-order valence-electron chi connectivity index (χ2n) is 5.26. The number of anilines is 1. The lowest BCUT2D eigenvalue weighted by Gasteiger charge is -2.11. The molecule has 134 valence electrons. The molecule has 0 aliphatic heterocycles. The molecule has 0 fully saturated rings. The highest BCUT2D eigenvalue weighted by Crippen LogP contribution is 2.10. The van der Waals surface area contributed by atoms with Crippen LogP contribution in [-0.4, -0.2) is 32.3 Å². The van der Waals surface area contributed by atoms with Crippen LogP contribution in [0.15, 0.2) is 52.1 Å². The Morgan fingerprint density at radius 2 is 2.00 bits per heavy atom. The van der Waals surface area contributed by atoms with Gasteiger partial charge in [-0.1, -0.05) is 12.1 Å². The second-order valence-corrected chi connectivity index (χ2v) is 5.26. The van der Waals surface area contributed by atoms with Crippen molar-refractivity contribution in [2.75, 3.05) is 25.5 Å². The van der Waals surface area contributed by atoms with Gasteiger partial charge in [-0.2, -0.15) is 0 Å². The molecule has 7 heteroatoms. The Morgan fingerprint density at radius 3 is 2.64 bits per heavy atom. The van der Waals surface area contributed by atoms with Gasteiger partial charge in [-0.25, -0.2) is 9.79 Å². The van der Waals surface area contributed by atoms with Crippen LogP contribution in [0.5, 0.6) is 0 Å². The maximum absolute atomic E-state index is 11.2. The number of ether oxygens (including phenoxy) is 1. The molecule has 25 heavy (non-hydrogen) atoms. The van der Waals surface area contributed by atoms with Gasteiger partial charge in [-0.05, 0) is 36.8 Å². The number of guanidine groups is 1. The number of carbonyl (C=O) groups excluding carboxylic acids is 1. The number of aliphatic imine (C=N–C) groups is 1. The molecule has 0 saturated carbocycles. The van der Waals surface area contributed by atoms with Crippen molar-refractivity contribution in [1.29, 1.82) is 0 Å². The summed E-state index contributed by atoms with van der Waals surface area (Å²) in [6.07, 6.45) is 1.99. The van der Waals surface area contributed by atoms with Crippen molar-refractivity contribution >= 4 is 17.7 Å². The lowest BCUT2D eigenvalue weighted by Crippen LogP contribution is -2.38. The van der Waals surface area contributed by atoms with Crippen molar-refractivity contribution in [2.24, 2.45) is 4.99 Å². The van der Waals surface area contributed by atoms with Crippen LogP contribution in [0.1, 0.15) is 18.2 Å². The largest absolute Gasteiger partial charge is 0.469 e. The van der Waals surface area contributed by atoms with E-state index in [0.29, 0.717) is 12.2 Å². The highest BCUT2D eigenvalue weighted by molar-refractivity contribution is 5.84. The van der Waals surface area contributed by atoms with Gasteiger partial charge in [0, 0.05) is 25.2 Å². The molecule has 0 spiro atoms. The summed E-state index contributed by atoms with van der Waals surface area (Å²) in [6.45, 7) is 4.08. The van der Waals surface area contributed by atoms with E-state index in [2.05, 4.69) is 25.7 Å². The molecular weight excluding hydrogens is 320 g/mol. The van der Waals surface area contributed by atoms with E-state index < -0.39 is 6.09 Å². The van der Waals surface area contributed by atoms with Crippen molar-refractivity contribution in [2.45, 2.75) is 19.9 Å². The van der Waals surface area contributed by atoms with Gasteiger partial charge >= 0.3 is 6.09 Å². The number of nitrogens with one attached hydrogen (secondary N) is 3. The lowest BCUT2D eigenvalue weighted by molar-refractivity contribution is 0.187. The Morgan fingerprint density at radius 1 is 1.20 bits per heavy atom. The van der Waals surface area contributed by atoms with Gasteiger partial charge in [0.1, 0.15) is 5.76 Å². The zero-order chi connectivity index (χ0) is 17.9. The summed E-state index contributed by atoms with van der Waals surface area (Å²) >= 11 is 0. The quantitative estimate of drug-likeness (QED) is 0.531. The average Bonchev–Trinajstić information content (AvgIpc) is 3.14. The molecule has 2 aromatic rings. The van der Waals surface area contributed by atoms with Gasteiger partial charge in [0.05, 0.1) is 19.9 Å². The molecule has 1 aromatic heterocycles. The Balaban J connectivity index is 1.85. The van der Waals surface area contributed by atoms with Crippen LogP contribution in [0.2, 0.25) is 0 Å². The van der Waals surface area contributed by atoms with E-state index in [0.717, 1.165) is 36.8 Å². The molecule has 3 N–H and O–H groups in total. The average molecular weight is 344 g/mol. The number of methoxy groups -OCH3 is 1. The maximum atomic E-state index is 11.2. The Hall–Kier alpha value is -2.96. The molecule has 7 nitrogen and oxygen atoms in total. The maximum Gasteiger partial charge on any atom is 0.411 e. The first-order chi connectivity index (χ1) is 12.2. The fraction of sp³-hybridized carbons (Fsp3) is 0.333. The lowest BCUT2D eigenvalue weighted by atomic mass is 10.2. The Kier molecular flexibility index (Phi) is 7.37. The van der Waals surface area contributed by atoms with Crippen LogP contribution in [0.25, 0.3) is 0 Å². The van der Waals surface area contributed by atoms with E-state index in [1.165, 1.54) is 7.11 Å². The van der Waals surface area contributed by atoms with E-state index in [4.69, 9.17) is 4.42 Å². The van der Waals surface area contributed by atoms with Crippen molar-refractivity contribution in [1.82, 2.24) is 10.6 Å². The first-order valence-electron chi connectivity index (χ1n) is 8.19. The third kappa shape index (κ3) is 6.58. The number of benzene rings is 1. The van der Waals surface area contributed by atoms with Crippen LogP contribution in [0.3, 0.4) is 0 Å². The molecule has 1 aromatic carbocycles. The SMILES string of the molecule is CCNC(=NCc1ccc(NC(=O)OC)cc1)NCCc1ccco1. The number of amides is 1. The molecular formula is C18H24N4O3. The van der Waals surface area contributed by atoms with Crippen molar-refractivity contribution in [3.8, 4) is 0 Å². The predicted octanol–water partition coefficient (Wildman–Crippen LogP) is 2.76. The molecule has 0 bridgehead atoms. The van der Waals surface area contributed by atoms with Gasteiger partial charge in [0.2, 0.25) is 0 Å². The zero-order valence-electron chi connectivity index (χ0n) is 14.5. The molecule has 0 unspecified atom stereocenters. The van der Waals surface area contributed by atoms with Crippen LogP contribution >= 0.6 is 0 Å². The molecule has 0 aliphatic rings. The minimum absolute atomic E-state index is 0.485. The standard InChI is InChI=1S/C18H24N4O3/c1-3-19-17(20-11-10-16-5-4-12-25-16)21-13-14-6-8-15(9-7-14)22-18(23)24-2/h4-9,12H,3,10-11,13H2,1-2H3,(H,22,23)(H2,19,20,21). The minimum Gasteiger partial charge on any atom is -0.469 e. The van der Waals surface area contributed by atoms with Crippen molar-refractivity contribution in [3.05, 3.63) is 54.0 Å². The van der Waals surface area contributed by atoms with Crippen LogP contribution in [0.4, 0.5) is 10.5 Å². The van der Waals surface area contributed by atoms with Crippen molar-refractivity contribution < 1.29 is 13.9 Å².